The molecular formula is C28H27N7O3. The number of pyridine rings is 1. The molecule has 10 heteroatoms. The number of methoxy groups -OCH3 is 1. The molecule has 0 aliphatic rings. The highest BCUT2D eigenvalue weighted by atomic mass is 16.5. The summed E-state index contributed by atoms with van der Waals surface area (Å²) in [6.07, 6.45) is 5.12. The molecule has 2 aromatic carbocycles. The van der Waals surface area contributed by atoms with Crippen LogP contribution >= 0.6 is 0 Å². The molecule has 0 saturated heterocycles. The van der Waals surface area contributed by atoms with Crippen molar-refractivity contribution < 1.29 is 9.53 Å². The average molecular weight is 510 g/mol. The predicted octanol–water partition coefficient (Wildman–Crippen LogP) is 4.09. The van der Waals surface area contributed by atoms with Crippen molar-refractivity contribution in [3.05, 3.63) is 94.3 Å². The number of imidazole rings is 1. The van der Waals surface area contributed by atoms with E-state index in [0.29, 0.717) is 35.8 Å². The lowest BCUT2D eigenvalue weighted by molar-refractivity contribution is 0.101. The lowest BCUT2D eigenvalue weighted by atomic mass is 10.0. The first-order valence-corrected chi connectivity index (χ1v) is 12.3. The van der Waals surface area contributed by atoms with Crippen LogP contribution in [0.25, 0.3) is 28.3 Å². The van der Waals surface area contributed by atoms with E-state index >= 15 is 0 Å². The van der Waals surface area contributed by atoms with Gasteiger partial charge in [0.1, 0.15) is 11.4 Å². The number of tetrazole rings is 1. The van der Waals surface area contributed by atoms with Crippen molar-refractivity contribution in [3.63, 3.8) is 0 Å². The first-order chi connectivity index (χ1) is 18.5. The maximum absolute atomic E-state index is 13.7. The summed E-state index contributed by atoms with van der Waals surface area (Å²) in [5.74, 6) is 0.870. The molecule has 0 atom stereocenters. The van der Waals surface area contributed by atoms with Gasteiger partial charge in [0.15, 0.2) is 11.6 Å². The molecule has 3 aromatic heterocycles. The summed E-state index contributed by atoms with van der Waals surface area (Å²) < 4.78 is 8.80. The van der Waals surface area contributed by atoms with Crippen molar-refractivity contribution in [3.8, 4) is 34.1 Å². The van der Waals surface area contributed by atoms with Crippen LogP contribution in [-0.4, -0.2) is 47.6 Å². The maximum atomic E-state index is 13.7. The van der Waals surface area contributed by atoms with Crippen LogP contribution in [0, 0.1) is 0 Å². The number of aromatic amines is 1. The summed E-state index contributed by atoms with van der Waals surface area (Å²) in [6, 6.07) is 16.9. The highest BCUT2D eigenvalue weighted by molar-refractivity contribution is 5.98. The van der Waals surface area contributed by atoms with Gasteiger partial charge >= 0.3 is 5.69 Å². The second kappa shape index (κ2) is 10.6. The first kappa shape index (κ1) is 24.8. The van der Waals surface area contributed by atoms with Gasteiger partial charge in [0.25, 0.3) is 0 Å². The zero-order valence-corrected chi connectivity index (χ0v) is 21.4. The SMILES string of the molecule is CCCc1cn(-c2c(OC)cccc2C(C)=O)c(=O)n1Cc1ccc(-c2ncccc2-c2nnn[nH]2)cc1. The number of nitrogens with zero attached hydrogens (tertiary/aromatic N) is 6. The van der Waals surface area contributed by atoms with E-state index in [1.165, 1.54) is 18.6 Å². The summed E-state index contributed by atoms with van der Waals surface area (Å²) in [5.41, 5.74) is 4.95. The number of carbonyl (C=O) groups excluding carboxylic acids is 1. The van der Waals surface area contributed by atoms with Crippen LogP contribution in [0.2, 0.25) is 0 Å². The molecule has 0 aliphatic heterocycles. The Bertz CT molecular complexity index is 1630. The Labute approximate surface area is 218 Å². The van der Waals surface area contributed by atoms with Gasteiger partial charge in [-0.3, -0.25) is 18.9 Å². The van der Waals surface area contributed by atoms with Crippen molar-refractivity contribution >= 4 is 5.78 Å². The maximum Gasteiger partial charge on any atom is 0.333 e. The molecule has 0 unspecified atom stereocenters. The molecule has 0 amide bonds. The predicted molar refractivity (Wildman–Crippen MR) is 143 cm³/mol. The van der Waals surface area contributed by atoms with Crippen LogP contribution in [0.4, 0.5) is 0 Å². The summed E-state index contributed by atoms with van der Waals surface area (Å²) >= 11 is 0. The molecule has 0 aliphatic carbocycles. The van der Waals surface area contributed by atoms with Gasteiger partial charge in [0, 0.05) is 34.8 Å². The number of benzene rings is 2. The Morgan fingerprint density at radius 3 is 2.58 bits per heavy atom. The lowest BCUT2D eigenvalue weighted by Crippen LogP contribution is -2.26. The van der Waals surface area contributed by atoms with Crippen LogP contribution in [0.5, 0.6) is 5.75 Å². The molecule has 0 radical (unpaired) electrons. The van der Waals surface area contributed by atoms with Crippen LogP contribution in [0.1, 0.15) is 41.9 Å². The van der Waals surface area contributed by atoms with Gasteiger partial charge in [-0.05, 0) is 53.6 Å². The normalized spacial score (nSPS) is 11.0. The summed E-state index contributed by atoms with van der Waals surface area (Å²) in [5, 5.41) is 14.1. The van der Waals surface area contributed by atoms with Crippen molar-refractivity contribution in [2.75, 3.05) is 7.11 Å². The largest absolute Gasteiger partial charge is 0.495 e. The van der Waals surface area contributed by atoms with Crippen LogP contribution in [-0.2, 0) is 13.0 Å². The fourth-order valence-electron chi connectivity index (χ4n) is 4.58. The third-order valence-electron chi connectivity index (χ3n) is 6.38. The summed E-state index contributed by atoms with van der Waals surface area (Å²) in [4.78, 5) is 30.6. The van der Waals surface area contributed by atoms with Gasteiger partial charge in [-0.1, -0.05) is 43.7 Å². The van der Waals surface area contributed by atoms with Crippen molar-refractivity contribution in [1.29, 1.82) is 0 Å². The molecule has 10 nitrogen and oxygen atoms in total. The molecule has 38 heavy (non-hydrogen) atoms. The van der Waals surface area contributed by atoms with Crippen molar-refractivity contribution in [2.24, 2.45) is 0 Å². The zero-order chi connectivity index (χ0) is 26.6. The molecule has 1 N–H and O–H groups in total. The van der Waals surface area contributed by atoms with Gasteiger partial charge in [0.05, 0.1) is 19.3 Å². The van der Waals surface area contributed by atoms with Gasteiger partial charge in [-0.15, -0.1) is 5.10 Å². The minimum atomic E-state index is -0.227. The lowest BCUT2D eigenvalue weighted by Gasteiger charge is -2.12. The molecular weight excluding hydrogens is 482 g/mol. The molecule has 0 saturated carbocycles. The Hall–Kier alpha value is -4.86. The molecule has 192 valence electrons. The quantitative estimate of drug-likeness (QED) is 0.297. The molecule has 0 spiro atoms. The first-order valence-electron chi connectivity index (χ1n) is 12.3. The highest BCUT2D eigenvalue weighted by Crippen LogP contribution is 2.29. The van der Waals surface area contributed by atoms with E-state index in [2.05, 4.69) is 32.5 Å². The van der Waals surface area contributed by atoms with E-state index in [1.807, 2.05) is 42.6 Å². The van der Waals surface area contributed by atoms with E-state index in [0.717, 1.165) is 34.5 Å². The monoisotopic (exact) mass is 509 g/mol. The second-order valence-electron chi connectivity index (χ2n) is 8.87. The number of H-pyrrole nitrogens is 1. The Morgan fingerprint density at radius 2 is 1.89 bits per heavy atom. The van der Waals surface area contributed by atoms with Crippen LogP contribution in [0.15, 0.2) is 71.8 Å². The van der Waals surface area contributed by atoms with Crippen LogP contribution < -0.4 is 10.4 Å². The van der Waals surface area contributed by atoms with Gasteiger partial charge in [-0.2, -0.15) is 0 Å². The van der Waals surface area contributed by atoms with Gasteiger partial charge < -0.3 is 4.74 Å². The third kappa shape index (κ3) is 4.63. The minimum absolute atomic E-state index is 0.138. The number of para-hydroxylation sites is 1. The van der Waals surface area contributed by atoms with Crippen molar-refractivity contribution in [1.82, 2.24) is 34.7 Å². The Kier molecular flexibility index (Phi) is 6.94. The van der Waals surface area contributed by atoms with E-state index in [-0.39, 0.29) is 11.5 Å². The number of carbonyl (C=O) groups is 1. The number of hydrogen-bond acceptors (Lipinski definition) is 7. The number of aromatic nitrogens is 7. The number of aryl methyl sites for hydroxylation is 1. The molecule has 0 bridgehead atoms. The smallest absolute Gasteiger partial charge is 0.333 e. The van der Waals surface area contributed by atoms with E-state index < -0.39 is 0 Å². The highest BCUT2D eigenvalue weighted by Gasteiger charge is 2.20. The standard InChI is InChI=1S/C28H27N7O3/c1-4-7-21-17-35(26-22(18(2)36)8-5-10-24(26)38-3)28(37)34(21)16-19-11-13-20(14-12-19)25-23(9-6-15-29-25)27-30-32-33-31-27/h5-6,8-15,17H,4,7,16H2,1-3H3,(H,30,31,32,33). The fourth-order valence-corrected chi connectivity index (χ4v) is 4.58. The second-order valence-corrected chi connectivity index (χ2v) is 8.87. The molecule has 3 heterocycles. The number of rotatable bonds is 9. The number of Topliss-reactive ketones (excluding diaryl/α,β-unsaturated/α-hetero) is 1. The fraction of sp³-hybridized carbons (Fsp3) is 0.214. The van der Waals surface area contributed by atoms with E-state index in [1.54, 1.807) is 29.0 Å². The van der Waals surface area contributed by atoms with Gasteiger partial charge in [-0.25, -0.2) is 9.89 Å². The molecule has 5 aromatic rings. The minimum Gasteiger partial charge on any atom is -0.495 e. The Balaban J connectivity index is 1.52. The number of ether oxygens (including phenoxy) is 1. The molecule has 5 rings (SSSR count). The number of hydrogen-bond donors (Lipinski definition) is 1. The van der Waals surface area contributed by atoms with Crippen molar-refractivity contribution in [2.45, 2.75) is 33.2 Å². The summed E-state index contributed by atoms with van der Waals surface area (Å²) in [6.45, 7) is 3.94. The average Bonchev–Trinajstić information content (AvgIpc) is 3.58. The van der Waals surface area contributed by atoms with Gasteiger partial charge in [0.2, 0.25) is 0 Å². The topological polar surface area (TPSA) is 121 Å². The van der Waals surface area contributed by atoms with Crippen LogP contribution in [0.3, 0.4) is 0 Å². The Morgan fingerprint density at radius 1 is 1.08 bits per heavy atom. The summed E-state index contributed by atoms with van der Waals surface area (Å²) in [7, 11) is 1.53. The zero-order valence-electron chi connectivity index (χ0n) is 21.4. The van der Waals surface area contributed by atoms with E-state index in [9.17, 15) is 9.59 Å². The third-order valence-corrected chi connectivity index (χ3v) is 6.38. The molecule has 0 fully saturated rings. The number of ketones is 1. The number of nitrogens with one attached hydrogen (secondary N) is 1. The van der Waals surface area contributed by atoms with E-state index in [4.69, 9.17) is 4.74 Å².